The van der Waals surface area contributed by atoms with Gasteiger partial charge in [0.25, 0.3) is 5.91 Å². The van der Waals surface area contributed by atoms with Gasteiger partial charge < -0.3 is 10.1 Å². The largest absolute Gasteiger partial charge is 0.452 e. The summed E-state index contributed by atoms with van der Waals surface area (Å²) in [5.74, 6) is -3.17. The number of carbonyl (C=O) groups excluding carboxylic acids is 4. The number of alkyl halides is 2. The van der Waals surface area contributed by atoms with E-state index < -0.39 is 30.3 Å². The number of carbonyl (C=O) groups is 4. The van der Waals surface area contributed by atoms with E-state index in [4.69, 9.17) is 39.5 Å². The monoisotopic (exact) mass is 520 g/mol. The third kappa shape index (κ3) is 3.85. The number of ether oxygens (including phenoxy) is 1. The number of anilines is 2. The van der Waals surface area contributed by atoms with Crippen LogP contribution >= 0.6 is 34.8 Å². The number of rotatable bonds is 5. The lowest BCUT2D eigenvalue weighted by atomic mass is 9.80. The van der Waals surface area contributed by atoms with Crippen LogP contribution in [0.2, 0.25) is 5.02 Å². The molecular formula is C24H19Cl3N2O5. The number of imide groups is 1. The van der Waals surface area contributed by atoms with Gasteiger partial charge in [-0.2, -0.15) is 0 Å². The van der Waals surface area contributed by atoms with Crippen LogP contribution in [0.3, 0.4) is 0 Å². The predicted octanol–water partition coefficient (Wildman–Crippen LogP) is 4.11. The third-order valence-electron chi connectivity index (χ3n) is 6.77. The minimum Gasteiger partial charge on any atom is -0.452 e. The van der Waals surface area contributed by atoms with Crippen molar-refractivity contribution in [2.45, 2.75) is 17.2 Å². The minimum atomic E-state index is -0.760. The maximum absolute atomic E-state index is 13.2. The molecule has 3 fully saturated rings. The van der Waals surface area contributed by atoms with Gasteiger partial charge in [0.2, 0.25) is 11.8 Å². The topological polar surface area (TPSA) is 92.8 Å². The van der Waals surface area contributed by atoms with E-state index in [1.54, 1.807) is 36.4 Å². The van der Waals surface area contributed by atoms with Crippen LogP contribution in [0.1, 0.15) is 16.8 Å². The molecule has 7 nitrogen and oxygen atoms in total. The van der Waals surface area contributed by atoms with Crippen LogP contribution in [0.15, 0.2) is 48.5 Å². The summed E-state index contributed by atoms with van der Waals surface area (Å²) in [6.45, 7) is -0.515. The van der Waals surface area contributed by atoms with E-state index in [1.807, 2.05) is 0 Å². The number of amides is 3. The summed E-state index contributed by atoms with van der Waals surface area (Å²) in [5.41, 5.74) is 0.859. The first-order valence-corrected chi connectivity index (χ1v) is 12.0. The summed E-state index contributed by atoms with van der Waals surface area (Å²) in [6.07, 6.45) is 0.673. The van der Waals surface area contributed by atoms with Crippen molar-refractivity contribution in [1.82, 2.24) is 0 Å². The fourth-order valence-corrected chi connectivity index (χ4v) is 6.44. The first kappa shape index (κ1) is 23.1. The fraction of sp³-hybridized carbons (Fsp3) is 0.333. The lowest BCUT2D eigenvalue weighted by Crippen LogP contribution is -2.37. The van der Waals surface area contributed by atoms with Crippen molar-refractivity contribution < 1.29 is 23.9 Å². The molecule has 0 radical (unpaired) electrons. The molecular weight excluding hydrogens is 503 g/mol. The Morgan fingerprint density at radius 3 is 2.26 bits per heavy atom. The average molecular weight is 522 g/mol. The molecule has 34 heavy (non-hydrogen) atoms. The molecule has 2 aliphatic carbocycles. The van der Waals surface area contributed by atoms with Gasteiger partial charge in [-0.3, -0.25) is 19.3 Å². The van der Waals surface area contributed by atoms with Gasteiger partial charge in [-0.25, -0.2) is 4.79 Å². The molecule has 1 heterocycles. The summed E-state index contributed by atoms with van der Waals surface area (Å²) in [7, 11) is 0. The molecule has 3 aliphatic rings. The molecule has 1 aliphatic heterocycles. The van der Waals surface area contributed by atoms with Crippen molar-refractivity contribution in [1.29, 1.82) is 0 Å². The molecule has 6 atom stereocenters. The second kappa shape index (κ2) is 8.87. The van der Waals surface area contributed by atoms with Gasteiger partial charge >= 0.3 is 5.97 Å². The quantitative estimate of drug-likeness (QED) is 0.363. The van der Waals surface area contributed by atoms with Gasteiger partial charge in [0.1, 0.15) is 0 Å². The molecule has 3 amide bonds. The van der Waals surface area contributed by atoms with Gasteiger partial charge in [-0.1, -0.05) is 23.7 Å². The normalized spacial score (nSPS) is 29.3. The number of esters is 1. The van der Waals surface area contributed by atoms with Crippen LogP contribution in [0.25, 0.3) is 0 Å². The van der Waals surface area contributed by atoms with Crippen LogP contribution in [0.4, 0.5) is 11.4 Å². The summed E-state index contributed by atoms with van der Waals surface area (Å²) in [4.78, 5) is 52.1. The molecule has 10 heteroatoms. The molecule has 2 bridgehead atoms. The second-order valence-corrected chi connectivity index (χ2v) is 10.1. The molecule has 0 spiro atoms. The SMILES string of the molecule is O=C(COC(=O)c1cccc(N2C(=O)[C@@H]3[C@H]4C[C@@H]([C@H](Cl)[C@H]4Cl)[C@H]3C2=O)c1)Nc1cccc(Cl)c1. The van der Waals surface area contributed by atoms with Gasteiger partial charge in [0.05, 0.1) is 33.8 Å². The Morgan fingerprint density at radius 1 is 0.971 bits per heavy atom. The Morgan fingerprint density at radius 2 is 1.62 bits per heavy atom. The first-order chi connectivity index (χ1) is 16.3. The molecule has 2 aromatic rings. The third-order valence-corrected chi connectivity index (χ3v) is 8.32. The Labute approximate surface area is 210 Å². The maximum Gasteiger partial charge on any atom is 0.338 e. The Balaban J connectivity index is 1.27. The summed E-state index contributed by atoms with van der Waals surface area (Å²) in [6, 6.07) is 12.6. The van der Waals surface area contributed by atoms with E-state index in [1.165, 1.54) is 12.1 Å². The zero-order valence-corrected chi connectivity index (χ0v) is 19.9. The highest BCUT2D eigenvalue weighted by Gasteiger charge is 2.66. The van der Waals surface area contributed by atoms with E-state index >= 15 is 0 Å². The lowest BCUT2D eigenvalue weighted by Gasteiger charge is -2.28. The Hall–Kier alpha value is -2.61. The Kier molecular flexibility index (Phi) is 6.04. The van der Waals surface area contributed by atoms with Crippen molar-refractivity contribution in [3.63, 3.8) is 0 Å². The summed E-state index contributed by atoms with van der Waals surface area (Å²) >= 11 is 18.7. The van der Waals surface area contributed by atoms with E-state index in [2.05, 4.69) is 5.32 Å². The smallest absolute Gasteiger partial charge is 0.338 e. The number of hydrogen-bond donors (Lipinski definition) is 1. The first-order valence-electron chi connectivity index (χ1n) is 10.7. The number of nitrogens with one attached hydrogen (secondary N) is 1. The standard InChI is InChI=1S/C24H19Cl3N2O5/c25-12-4-2-5-13(8-12)28-17(30)10-34-24(33)11-3-1-6-14(7-11)29-22(31)18-15-9-16(19(18)23(29)32)21(27)20(15)26/h1-8,15-16,18-21H,9-10H2,(H,28,30)/t15-,16-,18-,19-,20+,21+/m1/s1. The number of halogens is 3. The van der Waals surface area contributed by atoms with Crippen molar-refractivity contribution >= 4 is 69.9 Å². The highest BCUT2D eigenvalue weighted by Crippen LogP contribution is 2.59. The zero-order chi connectivity index (χ0) is 24.1. The molecule has 176 valence electrons. The van der Waals surface area contributed by atoms with Crippen LogP contribution in [-0.2, 0) is 19.1 Å². The van der Waals surface area contributed by atoms with E-state index in [0.717, 1.165) is 4.90 Å². The molecule has 5 rings (SSSR count). The van der Waals surface area contributed by atoms with E-state index in [-0.39, 0.29) is 45.7 Å². The molecule has 1 saturated heterocycles. The molecule has 2 aromatic carbocycles. The number of fused-ring (bicyclic) bond motifs is 5. The molecule has 0 aromatic heterocycles. The maximum atomic E-state index is 13.2. The zero-order valence-electron chi connectivity index (χ0n) is 17.6. The number of benzene rings is 2. The number of nitrogens with zero attached hydrogens (tertiary/aromatic N) is 1. The fourth-order valence-electron chi connectivity index (χ4n) is 5.35. The summed E-state index contributed by atoms with van der Waals surface area (Å²) < 4.78 is 5.10. The summed E-state index contributed by atoms with van der Waals surface area (Å²) in [5, 5.41) is 2.35. The van der Waals surface area contributed by atoms with Crippen LogP contribution in [0.5, 0.6) is 0 Å². The van der Waals surface area contributed by atoms with Crippen molar-refractivity contribution in [3.05, 3.63) is 59.1 Å². The predicted molar refractivity (Wildman–Crippen MR) is 127 cm³/mol. The number of hydrogen-bond acceptors (Lipinski definition) is 5. The van der Waals surface area contributed by atoms with E-state index in [0.29, 0.717) is 17.1 Å². The highest BCUT2D eigenvalue weighted by molar-refractivity contribution is 6.32. The molecule has 1 N–H and O–H groups in total. The van der Waals surface area contributed by atoms with Gasteiger partial charge in [-0.15, -0.1) is 23.2 Å². The molecule has 0 unspecified atom stereocenters. The van der Waals surface area contributed by atoms with Gasteiger partial charge in [0, 0.05) is 10.7 Å². The van der Waals surface area contributed by atoms with Gasteiger partial charge in [-0.05, 0) is 54.7 Å². The minimum absolute atomic E-state index is 0.110. The average Bonchev–Trinajstić information content (AvgIpc) is 3.42. The molecule has 2 saturated carbocycles. The lowest BCUT2D eigenvalue weighted by molar-refractivity contribution is -0.123. The van der Waals surface area contributed by atoms with Crippen molar-refractivity contribution in [3.8, 4) is 0 Å². The van der Waals surface area contributed by atoms with E-state index in [9.17, 15) is 19.2 Å². The highest BCUT2D eigenvalue weighted by atomic mass is 35.5. The Bertz CT molecular complexity index is 1170. The van der Waals surface area contributed by atoms with Crippen molar-refractivity contribution in [2.24, 2.45) is 23.7 Å². The second-order valence-electron chi connectivity index (χ2n) is 8.70. The van der Waals surface area contributed by atoms with Crippen molar-refractivity contribution in [2.75, 3.05) is 16.8 Å². The van der Waals surface area contributed by atoms with Crippen LogP contribution in [0, 0.1) is 23.7 Å². The van der Waals surface area contributed by atoms with Gasteiger partial charge in [0.15, 0.2) is 6.61 Å². The van der Waals surface area contributed by atoms with Crippen LogP contribution in [-0.4, -0.2) is 41.1 Å². The van der Waals surface area contributed by atoms with Crippen LogP contribution < -0.4 is 10.2 Å².